The number of para-hydroxylation sites is 1. The van der Waals surface area contributed by atoms with E-state index in [4.69, 9.17) is 4.74 Å². The summed E-state index contributed by atoms with van der Waals surface area (Å²) in [5.74, 6) is 0.833. The maximum Gasteiger partial charge on any atom is 0.315 e. The molecule has 2 aliphatic heterocycles. The van der Waals surface area contributed by atoms with Gasteiger partial charge in [0.05, 0.1) is 18.8 Å². The SMILES string of the molecule is O=C(NC[C@H](O)CN1CCCCC1)N[C@H]1CCOc2ccccc21. The minimum atomic E-state index is -0.532. The minimum Gasteiger partial charge on any atom is -0.493 e. The zero-order valence-corrected chi connectivity index (χ0v) is 14.0. The smallest absolute Gasteiger partial charge is 0.315 e. The summed E-state index contributed by atoms with van der Waals surface area (Å²) in [5, 5.41) is 15.9. The lowest BCUT2D eigenvalue weighted by atomic mass is 10.0. The van der Waals surface area contributed by atoms with Crippen LogP contribution in [-0.4, -0.2) is 54.9 Å². The van der Waals surface area contributed by atoms with Crippen molar-refractivity contribution in [3.63, 3.8) is 0 Å². The first kappa shape index (κ1) is 17.0. The Hall–Kier alpha value is -1.79. The van der Waals surface area contributed by atoms with Crippen LogP contribution >= 0.6 is 0 Å². The fourth-order valence-corrected chi connectivity index (χ4v) is 3.42. The molecule has 0 radical (unpaired) electrons. The van der Waals surface area contributed by atoms with Gasteiger partial charge in [-0.3, -0.25) is 0 Å². The van der Waals surface area contributed by atoms with Crippen molar-refractivity contribution in [2.45, 2.75) is 37.8 Å². The van der Waals surface area contributed by atoms with Gasteiger partial charge in [-0.15, -0.1) is 0 Å². The number of carbonyl (C=O) groups is 1. The molecule has 2 amide bonds. The highest BCUT2D eigenvalue weighted by molar-refractivity contribution is 5.74. The highest BCUT2D eigenvalue weighted by atomic mass is 16.5. The van der Waals surface area contributed by atoms with Crippen molar-refractivity contribution in [3.05, 3.63) is 29.8 Å². The number of aliphatic hydroxyl groups is 1. The molecule has 0 spiro atoms. The second-order valence-corrected chi connectivity index (χ2v) is 6.60. The molecular weight excluding hydrogens is 306 g/mol. The molecule has 1 aromatic rings. The van der Waals surface area contributed by atoms with E-state index < -0.39 is 6.10 Å². The highest BCUT2D eigenvalue weighted by Crippen LogP contribution is 2.31. The first-order valence-corrected chi connectivity index (χ1v) is 8.89. The number of β-amino-alcohol motifs (C(OH)–C–C–N with tert-alkyl or cyclic N) is 1. The van der Waals surface area contributed by atoms with Gasteiger partial charge in [0.2, 0.25) is 0 Å². The number of amides is 2. The molecule has 2 atom stereocenters. The second-order valence-electron chi connectivity index (χ2n) is 6.60. The first-order chi connectivity index (χ1) is 11.7. The number of nitrogens with one attached hydrogen (secondary N) is 2. The fraction of sp³-hybridized carbons (Fsp3) is 0.611. The molecular formula is C18H27N3O3. The number of nitrogens with zero attached hydrogens (tertiary/aromatic N) is 1. The monoisotopic (exact) mass is 333 g/mol. The van der Waals surface area contributed by atoms with Crippen molar-refractivity contribution in [1.82, 2.24) is 15.5 Å². The summed E-state index contributed by atoms with van der Waals surface area (Å²) < 4.78 is 5.60. The Morgan fingerprint density at radius 1 is 1.29 bits per heavy atom. The Balaban J connectivity index is 1.43. The lowest BCUT2D eigenvalue weighted by Crippen LogP contribution is -2.45. The maximum atomic E-state index is 12.1. The second kappa shape index (κ2) is 8.35. The van der Waals surface area contributed by atoms with Crippen LogP contribution in [0, 0.1) is 0 Å². The van der Waals surface area contributed by atoms with Crippen molar-refractivity contribution in [2.75, 3.05) is 32.8 Å². The molecule has 3 N–H and O–H groups in total. The molecule has 0 aromatic heterocycles. The van der Waals surface area contributed by atoms with Gasteiger partial charge in [-0.1, -0.05) is 24.6 Å². The van der Waals surface area contributed by atoms with Gasteiger partial charge in [0.15, 0.2) is 0 Å². The average molecular weight is 333 g/mol. The Morgan fingerprint density at radius 3 is 2.92 bits per heavy atom. The summed E-state index contributed by atoms with van der Waals surface area (Å²) >= 11 is 0. The van der Waals surface area contributed by atoms with Crippen molar-refractivity contribution in [1.29, 1.82) is 0 Å². The molecule has 0 saturated carbocycles. The van der Waals surface area contributed by atoms with Crippen LogP contribution < -0.4 is 15.4 Å². The van der Waals surface area contributed by atoms with E-state index in [0.29, 0.717) is 13.2 Å². The van der Waals surface area contributed by atoms with Crippen molar-refractivity contribution in [3.8, 4) is 5.75 Å². The van der Waals surface area contributed by atoms with E-state index in [2.05, 4.69) is 15.5 Å². The lowest BCUT2D eigenvalue weighted by Gasteiger charge is -2.29. The number of ether oxygens (including phenoxy) is 1. The van der Waals surface area contributed by atoms with Gasteiger partial charge in [0.1, 0.15) is 5.75 Å². The Kier molecular flexibility index (Phi) is 5.93. The number of aliphatic hydroxyl groups excluding tert-OH is 1. The average Bonchev–Trinajstić information content (AvgIpc) is 2.61. The predicted molar refractivity (Wildman–Crippen MR) is 92.1 cm³/mol. The number of piperidine rings is 1. The van der Waals surface area contributed by atoms with Crippen LogP contribution in [0.15, 0.2) is 24.3 Å². The van der Waals surface area contributed by atoms with Gasteiger partial charge in [-0.2, -0.15) is 0 Å². The summed E-state index contributed by atoms with van der Waals surface area (Å²) in [6.07, 6.45) is 3.89. The van der Waals surface area contributed by atoms with Gasteiger partial charge < -0.3 is 25.4 Å². The standard InChI is InChI=1S/C18H27N3O3/c22-14(13-21-9-4-1-5-10-21)12-19-18(23)20-16-8-11-24-17-7-3-2-6-15(16)17/h2-3,6-7,14,16,22H,1,4-5,8-13H2,(H2,19,20,23)/t14-,16-/m0/s1. The fourth-order valence-electron chi connectivity index (χ4n) is 3.42. The third-order valence-corrected chi connectivity index (χ3v) is 4.68. The molecule has 6 heteroatoms. The third kappa shape index (κ3) is 4.61. The molecule has 0 unspecified atom stereocenters. The predicted octanol–water partition coefficient (Wildman–Crippen LogP) is 1.66. The normalized spacial score (nSPS) is 22.1. The van der Waals surface area contributed by atoms with E-state index >= 15 is 0 Å². The zero-order valence-electron chi connectivity index (χ0n) is 14.0. The summed E-state index contributed by atoms with van der Waals surface area (Å²) in [6, 6.07) is 7.48. The third-order valence-electron chi connectivity index (χ3n) is 4.68. The molecule has 1 aromatic carbocycles. The maximum absolute atomic E-state index is 12.1. The Labute approximate surface area is 143 Å². The van der Waals surface area contributed by atoms with Gasteiger partial charge in [0.25, 0.3) is 0 Å². The number of hydrogen-bond acceptors (Lipinski definition) is 4. The summed E-state index contributed by atoms with van der Waals surface area (Å²) in [4.78, 5) is 14.4. The number of likely N-dealkylation sites (tertiary alicyclic amines) is 1. The molecule has 6 nitrogen and oxygen atoms in total. The lowest BCUT2D eigenvalue weighted by molar-refractivity contribution is 0.101. The van der Waals surface area contributed by atoms with Gasteiger partial charge in [0, 0.05) is 25.1 Å². The van der Waals surface area contributed by atoms with Crippen LogP contribution in [0.2, 0.25) is 0 Å². The molecule has 132 valence electrons. The summed E-state index contributed by atoms with van der Waals surface area (Å²) in [6.45, 7) is 3.58. The molecule has 0 aliphatic carbocycles. The molecule has 1 saturated heterocycles. The van der Waals surface area contributed by atoms with Crippen LogP contribution in [0.25, 0.3) is 0 Å². The topological polar surface area (TPSA) is 73.8 Å². The van der Waals surface area contributed by atoms with Gasteiger partial charge >= 0.3 is 6.03 Å². The van der Waals surface area contributed by atoms with Crippen LogP contribution in [0.4, 0.5) is 4.79 Å². The molecule has 2 aliphatic rings. The Morgan fingerprint density at radius 2 is 2.08 bits per heavy atom. The number of rotatable bonds is 5. The van der Waals surface area contributed by atoms with Crippen LogP contribution in [0.1, 0.15) is 37.3 Å². The van der Waals surface area contributed by atoms with Crippen molar-refractivity contribution < 1.29 is 14.6 Å². The minimum absolute atomic E-state index is 0.0470. The molecule has 24 heavy (non-hydrogen) atoms. The van der Waals surface area contributed by atoms with Crippen LogP contribution in [0.5, 0.6) is 5.75 Å². The van der Waals surface area contributed by atoms with E-state index in [1.165, 1.54) is 19.3 Å². The number of benzene rings is 1. The van der Waals surface area contributed by atoms with Crippen molar-refractivity contribution >= 4 is 6.03 Å². The van der Waals surface area contributed by atoms with E-state index in [1.54, 1.807) is 0 Å². The largest absolute Gasteiger partial charge is 0.493 e. The molecule has 0 bridgehead atoms. The van der Waals surface area contributed by atoms with E-state index in [1.807, 2.05) is 24.3 Å². The van der Waals surface area contributed by atoms with E-state index in [-0.39, 0.29) is 18.6 Å². The van der Waals surface area contributed by atoms with E-state index in [0.717, 1.165) is 30.8 Å². The molecule has 3 rings (SSSR count). The molecule has 1 fully saturated rings. The zero-order chi connectivity index (χ0) is 16.8. The van der Waals surface area contributed by atoms with Gasteiger partial charge in [-0.05, 0) is 32.0 Å². The summed E-state index contributed by atoms with van der Waals surface area (Å²) in [5.41, 5.74) is 1.01. The van der Waals surface area contributed by atoms with Crippen LogP contribution in [0.3, 0.4) is 0 Å². The van der Waals surface area contributed by atoms with Crippen LogP contribution in [-0.2, 0) is 0 Å². The quantitative estimate of drug-likeness (QED) is 0.766. The number of hydrogen-bond donors (Lipinski definition) is 3. The van der Waals surface area contributed by atoms with Crippen molar-refractivity contribution in [2.24, 2.45) is 0 Å². The highest BCUT2D eigenvalue weighted by Gasteiger charge is 2.23. The number of urea groups is 1. The number of carbonyl (C=O) groups excluding carboxylic acids is 1. The van der Waals surface area contributed by atoms with E-state index in [9.17, 15) is 9.90 Å². The summed E-state index contributed by atoms with van der Waals surface area (Å²) in [7, 11) is 0. The molecule has 2 heterocycles. The number of fused-ring (bicyclic) bond motifs is 1. The Bertz CT molecular complexity index is 546. The first-order valence-electron chi connectivity index (χ1n) is 8.89. The van der Waals surface area contributed by atoms with Gasteiger partial charge in [-0.25, -0.2) is 4.79 Å².